The summed E-state index contributed by atoms with van der Waals surface area (Å²) in [6.45, 7) is 0. The molecule has 0 unspecified atom stereocenters. The Balaban J connectivity index is 0.000000189. The third-order valence-electron chi connectivity index (χ3n) is 9.75. The number of nitrogen functional groups attached to an aromatic ring is 3. The van der Waals surface area contributed by atoms with E-state index in [1.54, 1.807) is 69.9 Å². The number of nitro benzene ring substituents is 3. The number of hydrogen-bond acceptors (Lipinski definition) is 14. The molecule has 8 aromatic carbocycles. The molecule has 352 valence electrons. The summed E-state index contributed by atoms with van der Waals surface area (Å²) < 4.78 is 27.5. The van der Waals surface area contributed by atoms with E-state index in [1.165, 1.54) is 24.3 Å². The van der Waals surface area contributed by atoms with Gasteiger partial charge in [0.2, 0.25) is 0 Å². The molecule has 17 nitrogen and oxygen atoms in total. The predicted octanol–water partition coefficient (Wildman–Crippen LogP) is 12.3. The van der Waals surface area contributed by atoms with Crippen molar-refractivity contribution in [2.24, 2.45) is 0 Å². The van der Waals surface area contributed by atoms with Gasteiger partial charge in [0.25, 0.3) is 17.1 Å². The number of benzene rings is 8. The molecular weight excluding hydrogens is 888 g/mol. The van der Waals surface area contributed by atoms with E-state index in [0.717, 1.165) is 75.6 Å². The van der Waals surface area contributed by atoms with Crippen molar-refractivity contribution in [2.75, 3.05) is 48.3 Å². The molecule has 0 aliphatic carbocycles. The Morgan fingerprint density at radius 3 is 0.768 bits per heavy atom. The number of nitrogens with two attached hydrogens (primary N) is 3. The average molecular weight is 935 g/mol. The lowest BCUT2D eigenvalue weighted by Gasteiger charge is -2.25. The highest BCUT2D eigenvalue weighted by Gasteiger charge is 2.16. The minimum atomic E-state index is -0.570. The summed E-state index contributed by atoms with van der Waals surface area (Å²) >= 11 is 0. The first-order valence-corrected chi connectivity index (χ1v) is 20.6. The van der Waals surface area contributed by atoms with E-state index in [4.69, 9.17) is 31.4 Å². The molecule has 0 aliphatic heterocycles. The number of methoxy groups -OCH3 is 3. The zero-order chi connectivity index (χ0) is 49.9. The summed E-state index contributed by atoms with van der Waals surface area (Å²) in [5.74, 6) is 1.88. The van der Waals surface area contributed by atoms with Gasteiger partial charge < -0.3 is 41.2 Å². The highest BCUT2D eigenvalue weighted by molar-refractivity contribution is 5.79. The molecule has 0 aromatic heterocycles. The maximum Gasteiger partial charge on any atom is 0.269 e. The predicted molar refractivity (Wildman–Crippen MR) is 268 cm³/mol. The highest BCUT2D eigenvalue weighted by atomic mass is 19.1. The van der Waals surface area contributed by atoms with Crippen molar-refractivity contribution in [1.82, 2.24) is 0 Å². The number of nitrogens with zero attached hydrogens (tertiary/aromatic N) is 5. The van der Waals surface area contributed by atoms with Crippen LogP contribution in [0.4, 0.5) is 72.6 Å². The van der Waals surface area contributed by atoms with Gasteiger partial charge in [0.15, 0.2) is 0 Å². The molecule has 0 saturated carbocycles. The normalized spacial score (nSPS) is 9.97. The van der Waals surface area contributed by atoms with Gasteiger partial charge in [-0.05, 0) is 158 Å². The van der Waals surface area contributed by atoms with E-state index >= 15 is 0 Å². The molecule has 0 atom stereocenters. The number of halogens is 1. The van der Waals surface area contributed by atoms with Crippen LogP contribution in [0.2, 0.25) is 0 Å². The molecular formula is C51H47FN8O9. The van der Waals surface area contributed by atoms with Gasteiger partial charge >= 0.3 is 0 Å². The average Bonchev–Trinajstić information content (AvgIpc) is 3.37. The monoisotopic (exact) mass is 934 g/mol. The number of nitro groups is 3. The zero-order valence-electron chi connectivity index (χ0n) is 37.5. The second kappa shape index (κ2) is 24.5. The summed E-state index contributed by atoms with van der Waals surface area (Å²) in [6, 6.07) is 54.5. The molecule has 8 rings (SSSR count). The Labute approximate surface area is 396 Å². The fourth-order valence-corrected chi connectivity index (χ4v) is 6.22. The van der Waals surface area contributed by atoms with Gasteiger partial charge in [0, 0.05) is 87.6 Å². The van der Waals surface area contributed by atoms with Crippen LogP contribution in [0.3, 0.4) is 0 Å². The molecule has 0 amide bonds. The van der Waals surface area contributed by atoms with Crippen LogP contribution in [-0.4, -0.2) is 36.1 Å². The molecule has 0 fully saturated rings. The minimum Gasteiger partial charge on any atom is -0.497 e. The smallest absolute Gasteiger partial charge is 0.269 e. The summed E-state index contributed by atoms with van der Waals surface area (Å²) in [7, 11) is 4.86. The standard InChI is InChI=1S/C19H15N3O5.C19H19N3O.C7H9NO.C6H4FNO2/c1-27-19-12-10-16(11-13-19)20(14-2-6-17(7-3-14)21(23)24)15-4-8-18(9-5-15)22(25)26;1-23-19-12-10-18(11-13-19)22(16-6-2-14(20)3-7-16)17-8-4-15(21)5-9-17;1-9-7-4-2-6(8)3-5-7;7-5-1-3-6(4-2-5)8(9)10/h2-13H,1H3;2-13H,20-21H2,1H3;2-5H,8H2,1H3;1-4H. The Morgan fingerprint density at radius 1 is 0.348 bits per heavy atom. The fourth-order valence-electron chi connectivity index (χ4n) is 6.22. The molecule has 0 aliphatic rings. The van der Waals surface area contributed by atoms with Gasteiger partial charge in [-0.25, -0.2) is 4.39 Å². The number of rotatable bonds is 12. The van der Waals surface area contributed by atoms with Gasteiger partial charge in [-0.2, -0.15) is 0 Å². The summed E-state index contributed by atoms with van der Waals surface area (Å²) in [5, 5.41) is 31.8. The van der Waals surface area contributed by atoms with Gasteiger partial charge in [-0.1, -0.05) is 0 Å². The molecule has 0 spiro atoms. The van der Waals surface area contributed by atoms with Crippen molar-refractivity contribution in [3.8, 4) is 17.2 Å². The van der Waals surface area contributed by atoms with Gasteiger partial charge in [-0.15, -0.1) is 0 Å². The van der Waals surface area contributed by atoms with Crippen molar-refractivity contribution in [2.45, 2.75) is 0 Å². The van der Waals surface area contributed by atoms with Crippen LogP contribution in [0.15, 0.2) is 194 Å². The van der Waals surface area contributed by atoms with E-state index in [-0.39, 0.29) is 17.1 Å². The number of anilines is 9. The second-order valence-corrected chi connectivity index (χ2v) is 14.3. The first-order chi connectivity index (χ1) is 33.2. The van der Waals surface area contributed by atoms with E-state index in [0.29, 0.717) is 17.1 Å². The zero-order valence-corrected chi connectivity index (χ0v) is 37.5. The summed E-state index contributed by atoms with van der Waals surface area (Å²) in [5.41, 5.74) is 24.4. The van der Waals surface area contributed by atoms with Crippen molar-refractivity contribution in [3.05, 3.63) is 230 Å². The first kappa shape index (κ1) is 50.3. The topological polar surface area (TPSA) is 242 Å². The largest absolute Gasteiger partial charge is 0.497 e. The van der Waals surface area contributed by atoms with E-state index < -0.39 is 20.6 Å². The van der Waals surface area contributed by atoms with E-state index in [9.17, 15) is 34.7 Å². The van der Waals surface area contributed by atoms with Gasteiger partial charge in [0.05, 0.1) is 36.1 Å². The first-order valence-electron chi connectivity index (χ1n) is 20.6. The molecule has 0 radical (unpaired) electrons. The van der Waals surface area contributed by atoms with Gasteiger partial charge in [0.1, 0.15) is 23.1 Å². The Bertz CT molecular complexity index is 2770. The quantitative estimate of drug-likeness (QED) is 0.0586. The van der Waals surface area contributed by atoms with Crippen LogP contribution in [0.25, 0.3) is 0 Å². The van der Waals surface area contributed by atoms with Crippen LogP contribution in [-0.2, 0) is 0 Å². The molecule has 69 heavy (non-hydrogen) atoms. The summed E-state index contributed by atoms with van der Waals surface area (Å²) in [6.07, 6.45) is 0. The third-order valence-corrected chi connectivity index (χ3v) is 9.75. The maximum absolute atomic E-state index is 12.1. The SMILES string of the molecule is COc1ccc(N(c2ccc(N)cc2)c2ccc(N)cc2)cc1.COc1ccc(N(c2ccc([N+](=O)[O-])cc2)c2ccc([N+](=O)[O-])cc2)cc1.COc1ccc(N)cc1.O=[N+]([O-])c1ccc(F)cc1. The second-order valence-electron chi connectivity index (χ2n) is 14.3. The maximum atomic E-state index is 12.1. The number of ether oxygens (including phenoxy) is 3. The van der Waals surface area contributed by atoms with Crippen LogP contribution >= 0.6 is 0 Å². The molecule has 18 heteroatoms. The van der Waals surface area contributed by atoms with Crippen molar-refractivity contribution < 1.29 is 33.4 Å². The number of non-ortho nitro benzene ring substituents is 3. The van der Waals surface area contributed by atoms with Crippen molar-refractivity contribution >= 4 is 68.2 Å². The lowest BCUT2D eigenvalue weighted by atomic mass is 10.1. The molecule has 6 N–H and O–H groups in total. The minimum absolute atomic E-state index is 0.0165. The Hall–Kier alpha value is -9.71. The Morgan fingerprint density at radius 2 is 0.536 bits per heavy atom. The molecule has 0 heterocycles. The van der Waals surface area contributed by atoms with Gasteiger partial charge in [-0.3, -0.25) is 30.3 Å². The lowest BCUT2D eigenvalue weighted by molar-refractivity contribution is -0.385. The fraction of sp³-hybridized carbons (Fsp3) is 0.0588. The van der Waals surface area contributed by atoms with Crippen LogP contribution in [0.5, 0.6) is 17.2 Å². The van der Waals surface area contributed by atoms with Crippen molar-refractivity contribution in [3.63, 3.8) is 0 Å². The molecule has 0 bridgehead atoms. The van der Waals surface area contributed by atoms with E-state index in [2.05, 4.69) is 4.90 Å². The third kappa shape index (κ3) is 14.6. The molecule has 0 saturated heterocycles. The van der Waals surface area contributed by atoms with E-state index in [1.807, 2.05) is 102 Å². The highest BCUT2D eigenvalue weighted by Crippen LogP contribution is 2.38. The van der Waals surface area contributed by atoms with Crippen LogP contribution in [0, 0.1) is 36.2 Å². The van der Waals surface area contributed by atoms with Crippen LogP contribution < -0.4 is 41.2 Å². The Kier molecular flexibility index (Phi) is 17.9. The lowest BCUT2D eigenvalue weighted by Crippen LogP contribution is -2.10. The summed E-state index contributed by atoms with van der Waals surface area (Å²) in [4.78, 5) is 34.3. The van der Waals surface area contributed by atoms with Crippen molar-refractivity contribution in [1.29, 1.82) is 0 Å². The molecule has 8 aromatic rings. The number of hydrogen-bond donors (Lipinski definition) is 3. The van der Waals surface area contributed by atoms with Crippen LogP contribution in [0.1, 0.15) is 0 Å².